The van der Waals surface area contributed by atoms with Gasteiger partial charge in [0.2, 0.25) is 5.76 Å². The maximum atomic E-state index is 12.6. The van der Waals surface area contributed by atoms with E-state index >= 15 is 0 Å². The topological polar surface area (TPSA) is 129 Å². The number of ether oxygens (including phenoxy) is 2. The molecule has 0 atom stereocenters. The van der Waals surface area contributed by atoms with Gasteiger partial charge >= 0.3 is 5.97 Å². The number of hydrogen-bond acceptors (Lipinski definition) is 9. The summed E-state index contributed by atoms with van der Waals surface area (Å²) >= 11 is 0.687. The Morgan fingerprint density at radius 3 is 2.69 bits per heavy atom. The van der Waals surface area contributed by atoms with E-state index in [1.54, 1.807) is 0 Å². The van der Waals surface area contributed by atoms with Gasteiger partial charge in [0.15, 0.2) is 0 Å². The van der Waals surface area contributed by atoms with Crippen LogP contribution in [0.4, 0.5) is 10.5 Å². The quantitative estimate of drug-likeness (QED) is 0.300. The zero-order valence-electron chi connectivity index (χ0n) is 15.2. The molecule has 0 spiro atoms. The van der Waals surface area contributed by atoms with Gasteiger partial charge in [-0.3, -0.25) is 24.6 Å². The molecule has 1 aromatic heterocycles. The highest BCUT2D eigenvalue weighted by Crippen LogP contribution is 2.36. The lowest BCUT2D eigenvalue weighted by molar-refractivity contribution is -0.384. The monoisotopic (exact) mass is 418 g/mol. The average Bonchev–Trinajstić information content (AvgIpc) is 3.28. The van der Waals surface area contributed by atoms with Crippen LogP contribution in [0.15, 0.2) is 39.7 Å². The first-order chi connectivity index (χ1) is 13.8. The van der Waals surface area contributed by atoms with Gasteiger partial charge < -0.3 is 13.9 Å². The largest absolute Gasteiger partial charge is 0.496 e. The first-order valence-corrected chi connectivity index (χ1v) is 8.90. The minimum atomic E-state index is -0.678. The van der Waals surface area contributed by atoms with Crippen molar-refractivity contribution in [2.45, 2.75) is 6.54 Å². The summed E-state index contributed by atoms with van der Waals surface area (Å²) in [4.78, 5) is 47.8. The highest BCUT2D eigenvalue weighted by atomic mass is 32.2. The van der Waals surface area contributed by atoms with Crippen molar-refractivity contribution in [2.24, 2.45) is 0 Å². The molecule has 2 amide bonds. The molecule has 1 saturated heterocycles. The van der Waals surface area contributed by atoms with Crippen molar-refractivity contribution in [2.75, 3.05) is 14.2 Å². The van der Waals surface area contributed by atoms with Crippen molar-refractivity contribution in [1.82, 2.24) is 4.90 Å². The molecule has 0 aliphatic carbocycles. The summed E-state index contributed by atoms with van der Waals surface area (Å²) in [6.45, 7) is -0.176. The van der Waals surface area contributed by atoms with Crippen LogP contribution in [-0.4, -0.2) is 41.2 Å². The molecule has 1 aliphatic heterocycles. The Balaban J connectivity index is 1.85. The second-order valence-electron chi connectivity index (χ2n) is 5.71. The van der Waals surface area contributed by atoms with E-state index in [4.69, 9.17) is 9.15 Å². The minimum Gasteiger partial charge on any atom is -0.496 e. The van der Waals surface area contributed by atoms with E-state index in [0.29, 0.717) is 17.5 Å². The molecule has 0 saturated carbocycles. The SMILES string of the molecule is COC(=O)c1ccc(CN2C(=O)S/C(=C/c3cc([N+](=O)[O-])ccc3OC)C2=O)o1. The lowest BCUT2D eigenvalue weighted by Gasteiger charge is -2.10. The molecule has 3 rings (SSSR count). The first kappa shape index (κ1) is 20.1. The van der Waals surface area contributed by atoms with Gasteiger partial charge in [-0.15, -0.1) is 0 Å². The van der Waals surface area contributed by atoms with E-state index in [9.17, 15) is 24.5 Å². The molecule has 1 fully saturated rings. The fourth-order valence-corrected chi connectivity index (χ4v) is 3.38. The number of nitrogens with zero attached hydrogens (tertiary/aromatic N) is 2. The van der Waals surface area contributed by atoms with Crippen LogP contribution < -0.4 is 4.74 Å². The summed E-state index contributed by atoms with van der Waals surface area (Å²) in [5.74, 6) is -0.781. The number of esters is 1. The van der Waals surface area contributed by atoms with Crippen molar-refractivity contribution in [3.8, 4) is 5.75 Å². The molecule has 0 radical (unpaired) electrons. The van der Waals surface area contributed by atoms with Crippen molar-refractivity contribution in [3.05, 3.63) is 62.4 Å². The molecule has 0 bridgehead atoms. The smallest absolute Gasteiger partial charge is 0.373 e. The molecule has 29 heavy (non-hydrogen) atoms. The Morgan fingerprint density at radius 2 is 2.03 bits per heavy atom. The number of nitro groups is 1. The number of imide groups is 1. The van der Waals surface area contributed by atoms with Crippen LogP contribution in [0.3, 0.4) is 0 Å². The Kier molecular flexibility index (Phi) is 5.69. The molecular formula is C18H14N2O8S. The molecule has 150 valence electrons. The van der Waals surface area contributed by atoms with Crippen LogP contribution in [0.5, 0.6) is 5.75 Å². The van der Waals surface area contributed by atoms with E-state index in [-0.39, 0.29) is 34.2 Å². The number of hydrogen-bond donors (Lipinski definition) is 0. The van der Waals surface area contributed by atoms with Crippen molar-refractivity contribution < 1.29 is 33.2 Å². The number of amides is 2. The second-order valence-corrected chi connectivity index (χ2v) is 6.70. The zero-order valence-corrected chi connectivity index (χ0v) is 16.1. The number of furan rings is 1. The third kappa shape index (κ3) is 4.14. The van der Waals surface area contributed by atoms with Gasteiger partial charge in [0.1, 0.15) is 11.5 Å². The molecule has 1 aromatic carbocycles. The molecule has 2 aromatic rings. The predicted octanol–water partition coefficient (Wildman–Crippen LogP) is 3.22. The van der Waals surface area contributed by atoms with E-state index < -0.39 is 22.0 Å². The van der Waals surface area contributed by atoms with Gasteiger partial charge in [0, 0.05) is 17.7 Å². The first-order valence-electron chi connectivity index (χ1n) is 8.09. The Labute approximate surface area is 168 Å². The summed E-state index contributed by atoms with van der Waals surface area (Å²) < 4.78 is 15.0. The third-order valence-corrected chi connectivity index (χ3v) is 4.85. The lowest BCUT2D eigenvalue weighted by Crippen LogP contribution is -2.27. The average molecular weight is 418 g/mol. The van der Waals surface area contributed by atoms with E-state index in [0.717, 1.165) is 4.90 Å². The number of non-ortho nitro benzene ring substituents is 1. The van der Waals surface area contributed by atoms with Crippen molar-refractivity contribution in [3.63, 3.8) is 0 Å². The summed E-state index contributed by atoms with van der Waals surface area (Å²) in [5, 5.41) is 10.5. The fourth-order valence-electron chi connectivity index (χ4n) is 2.55. The normalized spacial score (nSPS) is 15.1. The van der Waals surface area contributed by atoms with Crippen LogP contribution in [0.2, 0.25) is 0 Å². The van der Waals surface area contributed by atoms with Crippen LogP contribution in [0, 0.1) is 10.1 Å². The standard InChI is InChI=1S/C18H14N2O8S/c1-26-13-5-3-11(20(24)25)7-10(13)8-15-16(21)19(18(23)29-15)9-12-4-6-14(28-12)17(22)27-2/h3-8H,9H2,1-2H3/b15-8+. The summed E-state index contributed by atoms with van der Waals surface area (Å²) in [5.41, 5.74) is 0.111. The highest BCUT2D eigenvalue weighted by Gasteiger charge is 2.36. The van der Waals surface area contributed by atoms with Gasteiger partial charge in [0.05, 0.1) is 30.6 Å². The molecule has 1 aliphatic rings. The van der Waals surface area contributed by atoms with Crippen molar-refractivity contribution in [1.29, 1.82) is 0 Å². The van der Waals surface area contributed by atoms with Crippen LogP contribution in [0.25, 0.3) is 6.08 Å². The Bertz CT molecular complexity index is 1040. The molecule has 10 nitrogen and oxygen atoms in total. The lowest BCUT2D eigenvalue weighted by atomic mass is 10.1. The molecular weight excluding hydrogens is 404 g/mol. The highest BCUT2D eigenvalue weighted by molar-refractivity contribution is 8.18. The van der Waals surface area contributed by atoms with Gasteiger partial charge in [-0.2, -0.15) is 0 Å². The molecule has 0 unspecified atom stereocenters. The molecule has 2 heterocycles. The number of methoxy groups -OCH3 is 2. The number of thioether (sulfide) groups is 1. The minimum absolute atomic E-state index is 0.0497. The molecule has 0 N–H and O–H groups in total. The van der Waals surface area contributed by atoms with Crippen LogP contribution in [0.1, 0.15) is 21.9 Å². The number of carbonyl (C=O) groups excluding carboxylic acids is 3. The van der Waals surface area contributed by atoms with Crippen LogP contribution in [-0.2, 0) is 16.1 Å². The number of rotatable bonds is 6. The summed E-state index contributed by atoms with van der Waals surface area (Å²) in [7, 11) is 2.59. The summed E-state index contributed by atoms with van der Waals surface area (Å²) in [6, 6.07) is 6.78. The van der Waals surface area contributed by atoms with Crippen LogP contribution >= 0.6 is 11.8 Å². The van der Waals surface area contributed by atoms with Gasteiger partial charge in [-0.1, -0.05) is 0 Å². The predicted molar refractivity (Wildman–Crippen MR) is 101 cm³/mol. The molecule has 11 heteroatoms. The summed E-state index contributed by atoms with van der Waals surface area (Å²) in [6.07, 6.45) is 1.36. The fraction of sp³-hybridized carbons (Fsp3) is 0.167. The van der Waals surface area contributed by atoms with Crippen molar-refractivity contribution >= 4 is 40.6 Å². The van der Waals surface area contributed by atoms with E-state index in [1.807, 2.05) is 0 Å². The second kappa shape index (κ2) is 8.19. The number of benzene rings is 1. The van der Waals surface area contributed by atoms with E-state index in [1.165, 1.54) is 50.6 Å². The van der Waals surface area contributed by atoms with Gasteiger partial charge in [0.25, 0.3) is 16.8 Å². The number of nitro benzene ring substituents is 1. The van der Waals surface area contributed by atoms with E-state index in [2.05, 4.69) is 4.74 Å². The third-order valence-electron chi connectivity index (χ3n) is 3.95. The maximum Gasteiger partial charge on any atom is 0.373 e. The zero-order chi connectivity index (χ0) is 21.1. The maximum absolute atomic E-state index is 12.6. The Morgan fingerprint density at radius 1 is 1.28 bits per heavy atom. The van der Waals surface area contributed by atoms with Gasteiger partial charge in [-0.05, 0) is 36.0 Å². The Hall–Kier alpha value is -3.60. The number of carbonyl (C=O) groups is 3. The van der Waals surface area contributed by atoms with Gasteiger partial charge in [-0.25, -0.2) is 4.79 Å².